The number of amides is 3. The van der Waals surface area contributed by atoms with Crippen LogP contribution in [0.3, 0.4) is 0 Å². The molecule has 0 aliphatic carbocycles. The van der Waals surface area contributed by atoms with Gasteiger partial charge in [0.15, 0.2) is 5.69 Å². The third-order valence-electron chi connectivity index (χ3n) is 7.78. The second-order valence-electron chi connectivity index (χ2n) is 11.3. The maximum absolute atomic E-state index is 13.5. The molecule has 0 radical (unpaired) electrons. The second-order valence-corrected chi connectivity index (χ2v) is 13.0. The van der Waals surface area contributed by atoms with Crippen LogP contribution in [0.4, 0.5) is 18.0 Å². The summed E-state index contributed by atoms with van der Waals surface area (Å²) >= 11 is 0. The number of sulfonamides is 1. The first kappa shape index (κ1) is 33.9. The predicted molar refractivity (Wildman–Crippen MR) is 164 cm³/mol. The van der Waals surface area contributed by atoms with E-state index in [4.69, 9.17) is 9.57 Å². The number of nitrogens with zero attached hydrogens (tertiary/aromatic N) is 6. The number of halogens is 3. The fraction of sp³-hybridized carbons (Fsp3) is 0.226. The maximum atomic E-state index is 13.5. The molecule has 1 aromatic heterocycles. The summed E-state index contributed by atoms with van der Waals surface area (Å²) < 4.78 is 73.9. The van der Waals surface area contributed by atoms with E-state index < -0.39 is 46.5 Å². The number of hydrazine groups is 1. The van der Waals surface area contributed by atoms with E-state index in [-0.39, 0.29) is 58.0 Å². The first-order chi connectivity index (χ1) is 23.7. The molecule has 3 heterocycles. The quantitative estimate of drug-likeness (QED) is 0.108. The maximum Gasteiger partial charge on any atom is 0.435 e. The highest BCUT2D eigenvalue weighted by Gasteiger charge is 2.38. The molecule has 0 atom stereocenters. The van der Waals surface area contributed by atoms with Gasteiger partial charge in [0, 0.05) is 11.5 Å². The van der Waals surface area contributed by atoms with Gasteiger partial charge in [-0.3, -0.25) is 9.59 Å². The number of carbonyl (C=O) groups excluding carboxylic acids is 3. The third-order valence-corrected chi connectivity index (χ3v) is 9.11. The van der Waals surface area contributed by atoms with Crippen LogP contribution in [0, 0.1) is 18.0 Å². The number of alkyl halides is 3. The Labute approximate surface area is 281 Å². The summed E-state index contributed by atoms with van der Waals surface area (Å²) in [4.78, 5) is 42.4. The number of hydrogen-bond donors (Lipinski definition) is 1. The zero-order valence-electron chi connectivity index (χ0n) is 25.9. The minimum Gasteiger partial charge on any atom is -0.569 e. The molecular weight excluding hydrogens is 687 g/mol. The molecule has 50 heavy (non-hydrogen) atoms. The molecule has 6 rings (SSSR count). The Morgan fingerprint density at radius 2 is 1.64 bits per heavy atom. The van der Waals surface area contributed by atoms with Crippen LogP contribution in [0.15, 0.2) is 89.0 Å². The zero-order valence-corrected chi connectivity index (χ0v) is 26.7. The number of imide groups is 1. The lowest BCUT2D eigenvalue weighted by Crippen LogP contribution is -2.52. The Morgan fingerprint density at radius 3 is 2.24 bits per heavy atom. The van der Waals surface area contributed by atoms with Crippen molar-refractivity contribution in [1.82, 2.24) is 24.4 Å². The summed E-state index contributed by atoms with van der Waals surface area (Å²) in [5.41, 5.74) is 0.924. The van der Waals surface area contributed by atoms with Crippen molar-refractivity contribution in [2.45, 2.75) is 18.0 Å². The summed E-state index contributed by atoms with van der Waals surface area (Å²) in [5.74, 6) is -1.52. The van der Waals surface area contributed by atoms with Gasteiger partial charge in [-0.25, -0.2) is 27.5 Å². The van der Waals surface area contributed by atoms with Crippen LogP contribution in [0.2, 0.25) is 0 Å². The first-order valence-corrected chi connectivity index (χ1v) is 16.2. The minimum absolute atomic E-state index is 0.0684. The largest absolute Gasteiger partial charge is 0.569 e. The lowest BCUT2D eigenvalue weighted by molar-refractivity contribution is -0.727. The van der Waals surface area contributed by atoms with Crippen LogP contribution < -0.4 is 4.72 Å². The van der Waals surface area contributed by atoms with Gasteiger partial charge in [0.25, 0.3) is 21.8 Å². The molecule has 15 nitrogen and oxygen atoms in total. The molecule has 2 aliphatic heterocycles. The van der Waals surface area contributed by atoms with Crippen LogP contribution in [-0.4, -0.2) is 77.4 Å². The molecule has 4 aromatic rings. The molecule has 1 fully saturated rings. The molecule has 0 saturated carbocycles. The molecule has 19 heteroatoms. The number of benzene rings is 3. The molecule has 3 amide bonds. The highest BCUT2D eigenvalue weighted by atomic mass is 32.2. The topological polar surface area (TPSA) is 179 Å². The Bertz CT molecular complexity index is 2060. The van der Waals surface area contributed by atoms with E-state index in [1.165, 1.54) is 24.3 Å². The van der Waals surface area contributed by atoms with Crippen LogP contribution in [0.5, 0.6) is 0 Å². The van der Waals surface area contributed by atoms with Gasteiger partial charge < -0.3 is 14.8 Å². The number of ether oxygens (including phenoxy) is 1. The smallest absolute Gasteiger partial charge is 0.435 e. The molecule has 1 saturated heterocycles. The number of aromatic nitrogens is 2. The zero-order chi connectivity index (χ0) is 35.8. The molecule has 0 unspecified atom stereocenters. The van der Waals surface area contributed by atoms with Gasteiger partial charge in [-0.15, -0.1) is 5.01 Å². The van der Waals surface area contributed by atoms with Crippen molar-refractivity contribution < 1.29 is 50.5 Å². The van der Waals surface area contributed by atoms with E-state index in [1.807, 2.05) is 6.92 Å². The standard InChI is InChI=1S/C31H26F3N7O8S/c1-19-6-8-21(9-7-19)26-14-27(31(32,33)34)35-40(26)22-10-12-23(13-11-22)50(46,47)36-30(44)48-17-20-15-38(16-20)41(45)37-49-18-39-28(42)24-4-2-3-5-25(24)29(39)43/h2-14,20H,15-18H2,1H3,(H,36,44). The van der Waals surface area contributed by atoms with Crippen molar-refractivity contribution in [3.63, 3.8) is 0 Å². The number of fused-ring (bicyclic) bond motifs is 1. The van der Waals surface area contributed by atoms with E-state index in [9.17, 15) is 41.2 Å². The van der Waals surface area contributed by atoms with Gasteiger partial charge in [-0.1, -0.05) is 42.0 Å². The van der Waals surface area contributed by atoms with Crippen molar-refractivity contribution in [1.29, 1.82) is 0 Å². The number of rotatable bonds is 10. The van der Waals surface area contributed by atoms with Gasteiger partial charge >= 0.3 is 12.3 Å². The molecule has 1 N–H and O–H groups in total. The van der Waals surface area contributed by atoms with Gasteiger partial charge in [0.1, 0.15) is 0 Å². The van der Waals surface area contributed by atoms with Crippen molar-refractivity contribution in [2.24, 2.45) is 11.2 Å². The molecule has 260 valence electrons. The molecule has 0 spiro atoms. The Kier molecular flexibility index (Phi) is 8.91. The molecule has 0 bridgehead atoms. The summed E-state index contributed by atoms with van der Waals surface area (Å²) in [6, 6.07) is 18.5. The van der Waals surface area contributed by atoms with E-state index >= 15 is 0 Å². The van der Waals surface area contributed by atoms with E-state index in [2.05, 4.69) is 10.4 Å². The van der Waals surface area contributed by atoms with Crippen LogP contribution >= 0.6 is 0 Å². The van der Waals surface area contributed by atoms with E-state index in [1.54, 1.807) is 41.1 Å². The van der Waals surface area contributed by atoms with Gasteiger partial charge in [-0.05, 0) is 49.4 Å². The summed E-state index contributed by atoms with van der Waals surface area (Å²) in [5, 5.41) is 20.3. The third kappa shape index (κ3) is 6.93. The molecular formula is C31H26F3N7O8S. The number of aryl methyl sites for hydroxylation is 1. The number of nitrogens with one attached hydrogen (secondary N) is 1. The van der Waals surface area contributed by atoms with Crippen molar-refractivity contribution in [3.05, 3.63) is 106 Å². The summed E-state index contributed by atoms with van der Waals surface area (Å²) in [6.45, 7) is 1.14. The summed E-state index contributed by atoms with van der Waals surface area (Å²) in [7, 11) is -4.43. The Morgan fingerprint density at radius 1 is 1.02 bits per heavy atom. The lowest BCUT2D eigenvalue weighted by Gasteiger charge is -2.33. The molecule has 2 aliphatic rings. The van der Waals surface area contributed by atoms with Gasteiger partial charge in [-0.2, -0.15) is 18.3 Å². The van der Waals surface area contributed by atoms with Crippen molar-refractivity contribution in [3.8, 4) is 16.9 Å². The lowest BCUT2D eigenvalue weighted by atomic mass is 10.0. The van der Waals surface area contributed by atoms with Gasteiger partial charge in [0.05, 0.1) is 52.1 Å². The number of carbonyl (C=O) groups is 3. The Balaban J connectivity index is 0.993. The first-order valence-electron chi connectivity index (χ1n) is 14.8. The van der Waals surface area contributed by atoms with Crippen LogP contribution in [0.25, 0.3) is 16.9 Å². The SMILES string of the molecule is Cc1ccc(-c2cc(C(F)(F)F)nn2-c2ccc(S(=O)(=O)NC(=O)OCC3CN([N+]([O-])=NOCN4C(=O)c5ccccc5C4=O)C3)cc2)cc1. The molecule has 3 aromatic carbocycles. The average Bonchev–Trinajstić information content (AvgIpc) is 3.61. The van der Waals surface area contributed by atoms with Crippen molar-refractivity contribution >= 4 is 27.9 Å². The number of hydrogen-bond acceptors (Lipinski definition) is 10. The fourth-order valence-corrected chi connectivity index (χ4v) is 6.02. The minimum atomic E-state index is -4.72. The second kappa shape index (κ2) is 13.1. The van der Waals surface area contributed by atoms with Gasteiger partial charge in [0.2, 0.25) is 12.0 Å². The fourth-order valence-electron chi connectivity index (χ4n) is 5.13. The predicted octanol–water partition coefficient (Wildman–Crippen LogP) is 4.28. The van der Waals surface area contributed by atoms with E-state index in [0.29, 0.717) is 5.56 Å². The normalized spacial score (nSPS) is 15.2. The van der Waals surface area contributed by atoms with Crippen LogP contribution in [-0.2, 0) is 25.8 Å². The Hall–Kier alpha value is -5.98. The van der Waals surface area contributed by atoms with Crippen molar-refractivity contribution in [2.75, 3.05) is 26.4 Å². The summed E-state index contributed by atoms with van der Waals surface area (Å²) in [6.07, 6.45) is -6.01. The van der Waals surface area contributed by atoms with Crippen LogP contribution in [0.1, 0.15) is 32.0 Å². The average molecular weight is 714 g/mol. The highest BCUT2D eigenvalue weighted by molar-refractivity contribution is 7.90. The monoisotopic (exact) mass is 713 g/mol. The highest BCUT2D eigenvalue weighted by Crippen LogP contribution is 2.33. The van der Waals surface area contributed by atoms with E-state index in [0.717, 1.165) is 38.4 Å².